The molecule has 0 saturated carbocycles. The van der Waals surface area contributed by atoms with Gasteiger partial charge in [0.05, 0.1) is 0 Å². The molecule has 0 atom stereocenters. The maximum absolute atomic E-state index is 4.95. The highest BCUT2D eigenvalue weighted by Crippen LogP contribution is 1.88. The van der Waals surface area contributed by atoms with Gasteiger partial charge in [-0.1, -0.05) is 157 Å². The normalized spacial score (nSPS) is 27.4. The van der Waals surface area contributed by atoms with Crippen molar-refractivity contribution in [3.8, 4) is 0 Å². The quantitative estimate of drug-likeness (QED) is 0.405. The Morgan fingerprint density at radius 2 is 0.581 bits per heavy atom. The van der Waals surface area contributed by atoms with Gasteiger partial charge in [0.15, 0.2) is 0 Å². The molecular formula is C29H28NO. The first kappa shape index (κ1) is 24.9. The van der Waals surface area contributed by atoms with Crippen LogP contribution in [0.15, 0.2) is 175 Å². The van der Waals surface area contributed by atoms with Crippen LogP contribution >= 0.6 is 0 Å². The lowest BCUT2D eigenvalue weighted by atomic mass is 10.3. The van der Waals surface area contributed by atoms with Crippen molar-refractivity contribution >= 4 is 6.21 Å². The van der Waals surface area contributed by atoms with Gasteiger partial charge in [-0.15, -0.1) is 0 Å². The lowest BCUT2D eigenvalue weighted by Crippen LogP contribution is -1.68. The van der Waals surface area contributed by atoms with Gasteiger partial charge in [-0.2, -0.15) is 0 Å². The molecule has 0 fully saturated rings. The number of rotatable bonds is 0. The second-order valence-corrected chi connectivity index (χ2v) is 5.63. The van der Waals surface area contributed by atoms with Gasteiger partial charge < -0.3 is 4.84 Å². The van der Waals surface area contributed by atoms with E-state index < -0.39 is 0 Å². The number of nitrogens with zero attached hydrogens (tertiary/aromatic N) is 1. The van der Waals surface area contributed by atoms with E-state index in [9.17, 15) is 0 Å². The molecular weight excluding hydrogens is 378 g/mol. The minimum atomic E-state index is 1.48. The van der Waals surface area contributed by atoms with Gasteiger partial charge in [-0.3, -0.25) is 0 Å². The van der Waals surface area contributed by atoms with Crippen LogP contribution in [0, 0.1) is 0 Å². The maximum atomic E-state index is 4.95. The second-order valence-electron chi connectivity index (χ2n) is 5.63. The Morgan fingerprint density at radius 3 is 0.903 bits per heavy atom. The predicted molar refractivity (Wildman–Crippen MR) is 136 cm³/mol. The van der Waals surface area contributed by atoms with Crippen LogP contribution in [0.4, 0.5) is 0 Å². The molecule has 0 spiro atoms. The lowest BCUT2D eigenvalue weighted by molar-refractivity contribution is 0.271. The van der Waals surface area contributed by atoms with Crippen molar-refractivity contribution < 1.29 is 4.84 Å². The Balaban J connectivity index is 2.64. The molecule has 1 heterocycles. The van der Waals surface area contributed by atoms with Gasteiger partial charge in [0.2, 0.25) is 0 Å². The largest absolute Gasteiger partial charge is 0.364 e. The zero-order valence-electron chi connectivity index (χ0n) is 17.5. The summed E-state index contributed by atoms with van der Waals surface area (Å²) in [4.78, 5) is 4.95. The molecule has 155 valence electrons. The van der Waals surface area contributed by atoms with E-state index in [1.807, 2.05) is 152 Å². The minimum absolute atomic E-state index is 1.48. The molecule has 0 unspecified atom stereocenters. The molecule has 31 heavy (non-hydrogen) atoms. The average molecular weight is 407 g/mol. The third-order valence-electron chi connectivity index (χ3n) is 3.19. The summed E-state index contributed by atoms with van der Waals surface area (Å²) < 4.78 is 0. The fourth-order valence-corrected chi connectivity index (χ4v) is 1.81. The first-order chi connectivity index (χ1) is 15.5. The molecule has 1 aliphatic rings. The first-order valence-electron chi connectivity index (χ1n) is 9.93. The summed E-state index contributed by atoms with van der Waals surface area (Å²) in [5, 5.41) is 3.67. The highest BCUT2D eigenvalue weighted by Gasteiger charge is 1.70. The minimum Gasteiger partial charge on any atom is -0.364 e. The van der Waals surface area contributed by atoms with Gasteiger partial charge in [0, 0.05) is 0 Å². The Morgan fingerprint density at radius 1 is 0.323 bits per heavy atom. The fraction of sp³-hybridized carbons (Fsp3) is 0. The molecule has 2 nitrogen and oxygen atoms in total. The van der Waals surface area contributed by atoms with Gasteiger partial charge in [0.1, 0.15) is 12.5 Å². The smallest absolute Gasteiger partial charge is 0.132 e. The molecule has 0 N–H and O–H groups in total. The first-order valence-corrected chi connectivity index (χ1v) is 9.93. The standard InChI is InChI=1S/C29H28NO/c1-2-4-6-8-10-12-14-16-18-20-22-24-26-28-30-31-29-27-25-23-21-19-17-15-13-11-9-7-5-3-1/h1-27,29H/b2-1+,5-3-,6-4-,9-7-,10-8-,13-11-,14-12-,17-15?,18-16?,21-19?,22-20?,25-23-,26-24-,29-27+,30-28?. The van der Waals surface area contributed by atoms with E-state index in [4.69, 9.17) is 4.84 Å². The van der Waals surface area contributed by atoms with Gasteiger partial charge in [-0.25, -0.2) is 0 Å². The van der Waals surface area contributed by atoms with Crippen molar-refractivity contribution in [2.24, 2.45) is 5.16 Å². The van der Waals surface area contributed by atoms with E-state index in [-0.39, 0.29) is 0 Å². The number of allylic oxidation sites excluding steroid dienone is 27. The summed E-state index contributed by atoms with van der Waals surface area (Å²) >= 11 is 0. The van der Waals surface area contributed by atoms with E-state index in [2.05, 4.69) is 11.4 Å². The van der Waals surface area contributed by atoms with Crippen LogP contribution in [0.3, 0.4) is 0 Å². The van der Waals surface area contributed by atoms with E-state index in [0.717, 1.165) is 0 Å². The van der Waals surface area contributed by atoms with E-state index in [1.54, 1.807) is 12.2 Å². The Hall–Kier alpha value is -4.17. The molecule has 0 bridgehead atoms. The number of hydrogen-bond donors (Lipinski definition) is 0. The second kappa shape index (κ2) is 22.1. The van der Waals surface area contributed by atoms with Crippen LogP contribution in [0.5, 0.6) is 0 Å². The molecule has 0 aliphatic carbocycles. The Bertz CT molecular complexity index is 828. The van der Waals surface area contributed by atoms with Crippen LogP contribution < -0.4 is 0 Å². The van der Waals surface area contributed by atoms with Crippen LogP contribution in [0.25, 0.3) is 0 Å². The van der Waals surface area contributed by atoms with Crippen molar-refractivity contribution in [3.05, 3.63) is 170 Å². The molecule has 0 amide bonds. The summed E-state index contributed by atoms with van der Waals surface area (Å²) in [6.07, 6.45) is 56.4. The fourth-order valence-electron chi connectivity index (χ4n) is 1.81. The van der Waals surface area contributed by atoms with Crippen molar-refractivity contribution in [2.75, 3.05) is 0 Å². The summed E-state index contributed by atoms with van der Waals surface area (Å²) in [5.41, 5.74) is 0. The van der Waals surface area contributed by atoms with Crippen LogP contribution in [0.2, 0.25) is 0 Å². The molecule has 1 rings (SSSR count). The van der Waals surface area contributed by atoms with Crippen molar-refractivity contribution in [1.29, 1.82) is 0 Å². The van der Waals surface area contributed by atoms with Crippen LogP contribution in [-0.4, -0.2) is 6.21 Å². The lowest BCUT2D eigenvalue weighted by Gasteiger charge is -1.82. The van der Waals surface area contributed by atoms with Crippen molar-refractivity contribution in [1.82, 2.24) is 0 Å². The molecule has 0 aromatic heterocycles. The highest BCUT2D eigenvalue weighted by molar-refractivity contribution is 5.70. The van der Waals surface area contributed by atoms with Gasteiger partial charge >= 0.3 is 0 Å². The van der Waals surface area contributed by atoms with E-state index in [1.165, 1.54) is 6.26 Å². The molecule has 2 heteroatoms. The van der Waals surface area contributed by atoms with Crippen LogP contribution in [-0.2, 0) is 4.84 Å². The van der Waals surface area contributed by atoms with Crippen LogP contribution in [0.1, 0.15) is 0 Å². The third kappa shape index (κ3) is 20.4. The average Bonchev–Trinajstić information content (AvgIpc) is 2.78. The van der Waals surface area contributed by atoms with E-state index >= 15 is 0 Å². The van der Waals surface area contributed by atoms with Gasteiger partial charge in [0.25, 0.3) is 0 Å². The molecule has 0 aromatic rings. The van der Waals surface area contributed by atoms with Crippen molar-refractivity contribution in [3.63, 3.8) is 0 Å². The van der Waals surface area contributed by atoms with Crippen molar-refractivity contribution in [2.45, 2.75) is 0 Å². The summed E-state index contributed by atoms with van der Waals surface area (Å²) in [7, 11) is 0. The molecule has 1 radical (unpaired) electrons. The maximum Gasteiger partial charge on any atom is 0.132 e. The predicted octanol–water partition coefficient (Wildman–Crippen LogP) is 7.62. The summed E-state index contributed by atoms with van der Waals surface area (Å²) in [6, 6.07) is 0. The molecule has 0 aromatic carbocycles. The zero-order valence-corrected chi connectivity index (χ0v) is 17.5. The molecule has 1 aliphatic heterocycles. The zero-order chi connectivity index (χ0) is 21.9. The van der Waals surface area contributed by atoms with Gasteiger partial charge in [-0.05, 0) is 12.2 Å². The highest BCUT2D eigenvalue weighted by atomic mass is 16.6. The summed E-state index contributed by atoms with van der Waals surface area (Å²) in [5.74, 6) is 0. The summed E-state index contributed by atoms with van der Waals surface area (Å²) in [6.45, 7) is 0. The monoisotopic (exact) mass is 406 g/mol. The Labute approximate surface area is 186 Å². The van der Waals surface area contributed by atoms with E-state index in [0.29, 0.717) is 0 Å². The molecule has 0 saturated heterocycles. The number of hydrogen-bond acceptors (Lipinski definition) is 2. The SMILES string of the molecule is [C]1=N\O/C=C/C=C\C=CC=C\C=C/C=C\C=C/C=C/C=C\C=C/C=C\C=CC=C\C=C/1. The topological polar surface area (TPSA) is 21.6 Å². The Kier molecular flexibility index (Phi) is 17.7. The third-order valence-corrected chi connectivity index (χ3v) is 3.19.